The van der Waals surface area contributed by atoms with Gasteiger partial charge >= 0.3 is 6.09 Å². The lowest BCUT2D eigenvalue weighted by Crippen LogP contribution is -2.45. The first-order valence-corrected chi connectivity index (χ1v) is 5.83. The van der Waals surface area contributed by atoms with E-state index in [1.807, 2.05) is 0 Å². The van der Waals surface area contributed by atoms with Gasteiger partial charge in [0.15, 0.2) is 6.61 Å². The molecule has 0 aromatic heterocycles. The van der Waals surface area contributed by atoms with Crippen molar-refractivity contribution in [2.45, 2.75) is 20.3 Å². The molecule has 1 heterocycles. The Labute approximate surface area is 96.5 Å². The molecule has 1 saturated heterocycles. The van der Waals surface area contributed by atoms with Crippen molar-refractivity contribution in [3.8, 4) is 0 Å². The number of amides is 2. The maximum absolute atomic E-state index is 11.3. The molecule has 0 spiro atoms. The summed E-state index contributed by atoms with van der Waals surface area (Å²) >= 11 is 0. The molecule has 1 rings (SSSR count). The van der Waals surface area contributed by atoms with Crippen molar-refractivity contribution >= 4 is 12.0 Å². The molecule has 16 heavy (non-hydrogen) atoms. The Morgan fingerprint density at radius 1 is 1.31 bits per heavy atom. The molecule has 5 nitrogen and oxygen atoms in total. The van der Waals surface area contributed by atoms with Gasteiger partial charge in [0.25, 0.3) is 5.91 Å². The third-order valence-corrected chi connectivity index (χ3v) is 3.45. The van der Waals surface area contributed by atoms with Gasteiger partial charge in [-0.2, -0.15) is 0 Å². The van der Waals surface area contributed by atoms with Crippen LogP contribution in [0, 0.1) is 0 Å². The fourth-order valence-corrected chi connectivity index (χ4v) is 1.75. The van der Waals surface area contributed by atoms with Crippen molar-refractivity contribution in [3.63, 3.8) is 0 Å². The predicted octanol–water partition coefficient (Wildman–Crippen LogP) is 0.842. The fourth-order valence-electron chi connectivity index (χ4n) is 1.75. The van der Waals surface area contributed by atoms with Crippen LogP contribution in [0.4, 0.5) is 4.79 Å². The highest BCUT2D eigenvalue weighted by molar-refractivity contribution is 5.97. The van der Waals surface area contributed by atoms with Crippen molar-refractivity contribution < 1.29 is 18.8 Å². The Hall–Kier alpha value is -1.10. The summed E-state index contributed by atoms with van der Waals surface area (Å²) in [6.07, 6.45) is 0.339. The van der Waals surface area contributed by atoms with E-state index in [1.54, 1.807) is 0 Å². The van der Waals surface area contributed by atoms with Crippen molar-refractivity contribution in [1.82, 2.24) is 4.90 Å². The average molecular weight is 229 g/mol. The fraction of sp³-hybridized carbons (Fsp3) is 0.818. The summed E-state index contributed by atoms with van der Waals surface area (Å²) in [4.78, 5) is 23.6. The van der Waals surface area contributed by atoms with E-state index in [2.05, 4.69) is 25.6 Å². The van der Waals surface area contributed by atoms with Crippen LogP contribution in [0.5, 0.6) is 0 Å². The first kappa shape index (κ1) is 13.0. The molecule has 0 radical (unpaired) electrons. The molecule has 0 atom stereocenters. The summed E-state index contributed by atoms with van der Waals surface area (Å²) in [6.45, 7) is 7.80. The van der Waals surface area contributed by atoms with Crippen LogP contribution in [-0.4, -0.2) is 61.2 Å². The number of quaternary nitrogens is 1. The lowest BCUT2D eigenvalue weighted by atomic mass is 10.3. The smallest absolute Gasteiger partial charge is 0.417 e. The molecule has 0 aromatic rings. The van der Waals surface area contributed by atoms with Crippen LogP contribution in [-0.2, 0) is 9.53 Å². The van der Waals surface area contributed by atoms with Gasteiger partial charge < -0.3 is 9.22 Å². The van der Waals surface area contributed by atoms with E-state index in [4.69, 9.17) is 0 Å². The quantitative estimate of drug-likeness (QED) is 0.634. The molecule has 5 heteroatoms. The number of imide groups is 1. The van der Waals surface area contributed by atoms with Gasteiger partial charge in [-0.15, -0.1) is 0 Å². The lowest BCUT2D eigenvalue weighted by molar-refractivity contribution is -0.906. The summed E-state index contributed by atoms with van der Waals surface area (Å²) in [5, 5.41) is 0. The normalized spacial score (nSPS) is 16.8. The molecule has 1 aliphatic rings. The Kier molecular flexibility index (Phi) is 4.29. The number of hydrogen-bond acceptors (Lipinski definition) is 3. The van der Waals surface area contributed by atoms with Crippen molar-refractivity contribution in [2.24, 2.45) is 0 Å². The molecule has 2 amide bonds. The number of ether oxygens (including phenoxy) is 1. The second-order valence-corrected chi connectivity index (χ2v) is 4.43. The molecule has 1 aliphatic heterocycles. The van der Waals surface area contributed by atoms with Gasteiger partial charge in [-0.05, 0) is 13.8 Å². The molecule has 0 saturated carbocycles. The van der Waals surface area contributed by atoms with Crippen LogP contribution in [0.15, 0.2) is 0 Å². The molecular weight excluding hydrogens is 208 g/mol. The molecule has 0 N–H and O–H groups in total. The molecule has 1 fully saturated rings. The highest BCUT2D eigenvalue weighted by atomic mass is 16.6. The maximum Gasteiger partial charge on any atom is 0.417 e. The summed E-state index contributed by atoms with van der Waals surface area (Å²) in [6, 6.07) is 0. The topological polar surface area (TPSA) is 46.6 Å². The van der Waals surface area contributed by atoms with Gasteiger partial charge in [-0.25, -0.2) is 9.69 Å². The summed E-state index contributed by atoms with van der Waals surface area (Å²) in [5.41, 5.74) is 0. The lowest BCUT2D eigenvalue weighted by Gasteiger charge is -2.32. The third-order valence-electron chi connectivity index (χ3n) is 3.45. The molecule has 0 unspecified atom stereocenters. The first-order chi connectivity index (χ1) is 7.52. The zero-order valence-corrected chi connectivity index (χ0v) is 10.4. The second-order valence-electron chi connectivity index (χ2n) is 4.43. The average Bonchev–Trinajstić information content (AvgIpc) is 2.60. The zero-order valence-electron chi connectivity index (χ0n) is 10.4. The van der Waals surface area contributed by atoms with E-state index >= 15 is 0 Å². The largest absolute Gasteiger partial charge is 0.439 e. The number of carbonyl (C=O) groups excluding carboxylic acids is 2. The SMILES string of the molecule is CC[N+](C)(CC)CCCN1C(=O)COC1=O. The first-order valence-electron chi connectivity index (χ1n) is 5.83. The van der Waals surface area contributed by atoms with E-state index in [1.165, 1.54) is 4.90 Å². The molecule has 92 valence electrons. The summed E-state index contributed by atoms with van der Waals surface area (Å²) in [7, 11) is 2.18. The van der Waals surface area contributed by atoms with Crippen LogP contribution in [0.25, 0.3) is 0 Å². The Balaban J connectivity index is 2.35. The van der Waals surface area contributed by atoms with Crippen LogP contribution in [0.2, 0.25) is 0 Å². The Morgan fingerprint density at radius 3 is 2.38 bits per heavy atom. The number of cyclic esters (lactones) is 1. The van der Waals surface area contributed by atoms with Gasteiger partial charge in [0.1, 0.15) is 0 Å². The molecule has 0 aromatic carbocycles. The highest BCUT2D eigenvalue weighted by Crippen LogP contribution is 2.08. The monoisotopic (exact) mass is 229 g/mol. The van der Waals surface area contributed by atoms with Gasteiger partial charge in [-0.3, -0.25) is 4.79 Å². The van der Waals surface area contributed by atoms with Gasteiger partial charge in [-0.1, -0.05) is 0 Å². The summed E-state index contributed by atoms with van der Waals surface area (Å²) in [5.74, 6) is -0.216. The Bertz CT molecular complexity index is 258. The van der Waals surface area contributed by atoms with Crippen molar-refractivity contribution in [1.29, 1.82) is 0 Å². The van der Waals surface area contributed by atoms with Crippen LogP contribution >= 0.6 is 0 Å². The third kappa shape index (κ3) is 2.95. The number of carbonyl (C=O) groups is 2. The molecular formula is C11H21N2O3+. The maximum atomic E-state index is 11.3. The van der Waals surface area contributed by atoms with Gasteiger partial charge in [0.05, 0.1) is 26.7 Å². The van der Waals surface area contributed by atoms with E-state index in [9.17, 15) is 9.59 Å². The Morgan fingerprint density at radius 2 is 1.94 bits per heavy atom. The number of nitrogens with zero attached hydrogens (tertiary/aromatic N) is 2. The standard InChI is InChI=1S/C11H21N2O3/c1-4-13(3,5-2)8-6-7-12-10(14)9-16-11(12)15/h4-9H2,1-3H3/q+1. The van der Waals surface area contributed by atoms with E-state index in [-0.39, 0.29) is 12.5 Å². The summed E-state index contributed by atoms with van der Waals surface area (Å²) < 4.78 is 5.61. The minimum atomic E-state index is -0.493. The van der Waals surface area contributed by atoms with Crippen molar-refractivity contribution in [3.05, 3.63) is 0 Å². The highest BCUT2D eigenvalue weighted by Gasteiger charge is 2.30. The van der Waals surface area contributed by atoms with Crippen molar-refractivity contribution in [2.75, 3.05) is 39.8 Å². The second kappa shape index (κ2) is 5.30. The van der Waals surface area contributed by atoms with E-state index in [0.29, 0.717) is 6.54 Å². The van der Waals surface area contributed by atoms with Crippen LogP contribution in [0.1, 0.15) is 20.3 Å². The van der Waals surface area contributed by atoms with Gasteiger partial charge in [0, 0.05) is 13.0 Å². The minimum absolute atomic E-state index is 0.0908. The van der Waals surface area contributed by atoms with E-state index in [0.717, 1.165) is 30.5 Å². The van der Waals surface area contributed by atoms with Crippen LogP contribution < -0.4 is 0 Å². The predicted molar refractivity (Wildman–Crippen MR) is 59.8 cm³/mol. The van der Waals surface area contributed by atoms with Gasteiger partial charge in [0.2, 0.25) is 0 Å². The zero-order chi connectivity index (χ0) is 12.2. The van der Waals surface area contributed by atoms with E-state index < -0.39 is 6.09 Å². The number of rotatable bonds is 6. The molecule has 0 bridgehead atoms. The molecule has 0 aliphatic carbocycles. The van der Waals surface area contributed by atoms with Crippen LogP contribution in [0.3, 0.4) is 0 Å². The number of hydrogen-bond donors (Lipinski definition) is 0. The minimum Gasteiger partial charge on any atom is -0.439 e.